The summed E-state index contributed by atoms with van der Waals surface area (Å²) in [7, 11) is 0. The number of carboxylic acids is 2. The molecule has 104 valence electrons. The molecule has 0 bridgehead atoms. The molecule has 2 amide bonds. The highest BCUT2D eigenvalue weighted by atomic mass is 16.4. The first-order chi connectivity index (χ1) is 8.93. The van der Waals surface area contributed by atoms with Crippen LogP contribution in [0.1, 0.15) is 12.8 Å². The van der Waals surface area contributed by atoms with E-state index in [2.05, 4.69) is 5.92 Å². The molecule has 0 spiro atoms. The maximum Gasteiger partial charge on any atom is 0.323 e. The number of terminal acetylenes is 1. The molecule has 0 aliphatic heterocycles. The minimum absolute atomic E-state index is 0.0467. The van der Waals surface area contributed by atoms with E-state index in [0.29, 0.717) is 12.5 Å². The van der Waals surface area contributed by atoms with E-state index in [4.69, 9.17) is 16.6 Å². The van der Waals surface area contributed by atoms with Gasteiger partial charge in [-0.25, -0.2) is 4.79 Å². The summed E-state index contributed by atoms with van der Waals surface area (Å²) in [6.45, 7) is -0.822. The van der Waals surface area contributed by atoms with E-state index in [1.165, 1.54) is 4.90 Å². The van der Waals surface area contributed by atoms with E-state index in [1.807, 2.05) is 0 Å². The number of carboxylic acid groups (broad SMARTS) is 2. The van der Waals surface area contributed by atoms with Crippen LogP contribution >= 0.6 is 0 Å². The van der Waals surface area contributed by atoms with Crippen LogP contribution in [-0.2, 0) is 9.59 Å². The molecule has 1 saturated carbocycles. The summed E-state index contributed by atoms with van der Waals surface area (Å²) in [5.74, 6) is 0.185. The molecule has 0 heterocycles. The second-order valence-corrected chi connectivity index (χ2v) is 4.45. The van der Waals surface area contributed by atoms with E-state index in [1.54, 1.807) is 0 Å². The van der Waals surface area contributed by atoms with E-state index < -0.39 is 31.1 Å². The Morgan fingerprint density at radius 2 is 1.63 bits per heavy atom. The van der Waals surface area contributed by atoms with Crippen LogP contribution in [0.15, 0.2) is 0 Å². The average molecular weight is 268 g/mol. The zero-order valence-electron chi connectivity index (χ0n) is 10.4. The topological polar surface area (TPSA) is 98.2 Å². The van der Waals surface area contributed by atoms with E-state index in [-0.39, 0.29) is 6.54 Å². The molecule has 0 aromatic rings. The summed E-state index contributed by atoms with van der Waals surface area (Å²) in [5.41, 5.74) is 0. The minimum atomic E-state index is -1.26. The maximum absolute atomic E-state index is 12.1. The highest BCUT2D eigenvalue weighted by Gasteiger charge is 2.30. The Morgan fingerprint density at radius 3 is 2.00 bits per heavy atom. The van der Waals surface area contributed by atoms with Gasteiger partial charge in [-0.3, -0.25) is 9.59 Å². The molecular formula is C12H16N2O5. The second kappa shape index (κ2) is 6.64. The molecule has 1 aliphatic carbocycles. The number of amides is 2. The summed E-state index contributed by atoms with van der Waals surface area (Å²) in [6, 6.07) is -0.644. The molecule has 7 heteroatoms. The molecule has 0 saturated heterocycles. The number of rotatable bonds is 7. The van der Waals surface area contributed by atoms with Gasteiger partial charge in [0.2, 0.25) is 0 Å². The monoisotopic (exact) mass is 268 g/mol. The number of aliphatic carboxylic acids is 2. The van der Waals surface area contributed by atoms with Crippen LogP contribution in [-0.4, -0.2) is 64.2 Å². The Bertz CT molecular complexity index is 395. The van der Waals surface area contributed by atoms with E-state index in [9.17, 15) is 14.4 Å². The number of urea groups is 1. The first kappa shape index (κ1) is 14.8. The highest BCUT2D eigenvalue weighted by Crippen LogP contribution is 2.29. The number of hydrogen-bond donors (Lipinski definition) is 2. The van der Waals surface area contributed by atoms with Gasteiger partial charge in [0.25, 0.3) is 0 Å². The number of hydrogen-bond acceptors (Lipinski definition) is 3. The summed E-state index contributed by atoms with van der Waals surface area (Å²) in [6.07, 6.45) is 7.18. The van der Waals surface area contributed by atoms with Crippen molar-refractivity contribution in [2.75, 3.05) is 26.2 Å². The third kappa shape index (κ3) is 5.29. The molecule has 1 aliphatic rings. The van der Waals surface area contributed by atoms with Crippen molar-refractivity contribution < 1.29 is 24.6 Å². The molecule has 0 aromatic heterocycles. The van der Waals surface area contributed by atoms with Crippen molar-refractivity contribution in [2.24, 2.45) is 5.92 Å². The van der Waals surface area contributed by atoms with Gasteiger partial charge in [0.15, 0.2) is 0 Å². The Labute approximate surface area is 110 Å². The SMILES string of the molecule is C#CCN(CC1CC1)C(=O)N(CC(=O)O)CC(=O)O. The van der Waals surface area contributed by atoms with Gasteiger partial charge in [-0.1, -0.05) is 5.92 Å². The molecule has 0 radical (unpaired) electrons. The zero-order valence-corrected chi connectivity index (χ0v) is 10.4. The molecule has 2 N–H and O–H groups in total. The molecule has 7 nitrogen and oxygen atoms in total. The quantitative estimate of drug-likeness (QED) is 0.629. The standard InChI is InChI=1S/C12H16N2O5/c1-2-5-13(6-9-3-4-9)12(19)14(7-10(15)16)8-11(17)18/h1,9H,3-8H2,(H,15,16)(H,17,18). The molecule has 0 aromatic carbocycles. The minimum Gasteiger partial charge on any atom is -0.480 e. The summed E-state index contributed by atoms with van der Waals surface area (Å²) in [4.78, 5) is 35.5. The van der Waals surface area contributed by atoms with Crippen molar-refractivity contribution in [3.05, 3.63) is 0 Å². The lowest BCUT2D eigenvalue weighted by atomic mass is 10.3. The van der Waals surface area contributed by atoms with Gasteiger partial charge in [0, 0.05) is 6.54 Å². The summed E-state index contributed by atoms with van der Waals surface area (Å²) >= 11 is 0. The van der Waals surface area contributed by atoms with Crippen LogP contribution in [0.4, 0.5) is 4.79 Å². The van der Waals surface area contributed by atoms with Crippen LogP contribution in [0, 0.1) is 18.3 Å². The zero-order chi connectivity index (χ0) is 14.4. The predicted octanol–water partition coefficient (Wildman–Crippen LogP) is -0.0772. The van der Waals surface area contributed by atoms with Crippen molar-refractivity contribution in [1.29, 1.82) is 0 Å². The highest BCUT2D eigenvalue weighted by molar-refractivity contribution is 5.84. The van der Waals surface area contributed by atoms with Crippen molar-refractivity contribution in [3.63, 3.8) is 0 Å². The fourth-order valence-corrected chi connectivity index (χ4v) is 1.65. The smallest absolute Gasteiger partial charge is 0.323 e. The number of nitrogens with zero attached hydrogens (tertiary/aromatic N) is 2. The van der Waals surface area contributed by atoms with Crippen molar-refractivity contribution >= 4 is 18.0 Å². The molecule has 0 atom stereocenters. The summed E-state index contributed by atoms with van der Waals surface area (Å²) < 4.78 is 0. The third-order valence-corrected chi connectivity index (χ3v) is 2.65. The number of carbonyl (C=O) groups is 3. The first-order valence-corrected chi connectivity index (χ1v) is 5.85. The van der Waals surface area contributed by atoms with Crippen molar-refractivity contribution in [1.82, 2.24) is 9.80 Å². The Kier molecular flexibility index (Phi) is 5.18. The van der Waals surface area contributed by atoms with Crippen LogP contribution in [0.5, 0.6) is 0 Å². The third-order valence-electron chi connectivity index (χ3n) is 2.65. The normalized spacial score (nSPS) is 13.4. The average Bonchev–Trinajstić information content (AvgIpc) is 3.09. The fraction of sp³-hybridized carbons (Fsp3) is 0.583. The van der Waals surface area contributed by atoms with Crippen LogP contribution in [0.3, 0.4) is 0 Å². The van der Waals surface area contributed by atoms with Gasteiger partial charge < -0.3 is 20.0 Å². The largest absolute Gasteiger partial charge is 0.480 e. The Morgan fingerprint density at radius 1 is 1.11 bits per heavy atom. The molecule has 1 rings (SSSR count). The van der Waals surface area contributed by atoms with Crippen LogP contribution < -0.4 is 0 Å². The predicted molar refractivity (Wildman–Crippen MR) is 65.4 cm³/mol. The Hall–Kier alpha value is -2.23. The lowest BCUT2D eigenvalue weighted by Crippen LogP contribution is -2.48. The van der Waals surface area contributed by atoms with Gasteiger partial charge in [0.05, 0.1) is 6.54 Å². The molecular weight excluding hydrogens is 252 g/mol. The second-order valence-electron chi connectivity index (χ2n) is 4.45. The van der Waals surface area contributed by atoms with Gasteiger partial charge in [0.1, 0.15) is 13.1 Å². The van der Waals surface area contributed by atoms with E-state index in [0.717, 1.165) is 17.7 Å². The van der Waals surface area contributed by atoms with E-state index >= 15 is 0 Å². The molecule has 0 unspecified atom stereocenters. The lowest BCUT2D eigenvalue weighted by Gasteiger charge is -2.27. The first-order valence-electron chi connectivity index (χ1n) is 5.85. The van der Waals surface area contributed by atoms with Crippen molar-refractivity contribution in [3.8, 4) is 12.3 Å². The Balaban J connectivity index is 2.71. The molecule has 19 heavy (non-hydrogen) atoms. The van der Waals surface area contributed by atoms with Gasteiger partial charge >= 0.3 is 18.0 Å². The van der Waals surface area contributed by atoms with Gasteiger partial charge in [-0.15, -0.1) is 6.42 Å². The maximum atomic E-state index is 12.1. The van der Waals surface area contributed by atoms with Gasteiger partial charge in [-0.2, -0.15) is 0 Å². The van der Waals surface area contributed by atoms with Crippen LogP contribution in [0.2, 0.25) is 0 Å². The molecule has 1 fully saturated rings. The van der Waals surface area contributed by atoms with Gasteiger partial charge in [-0.05, 0) is 18.8 Å². The van der Waals surface area contributed by atoms with Crippen molar-refractivity contribution in [2.45, 2.75) is 12.8 Å². The fourth-order valence-electron chi connectivity index (χ4n) is 1.65. The summed E-state index contributed by atoms with van der Waals surface area (Å²) in [5, 5.41) is 17.4. The number of carbonyl (C=O) groups excluding carboxylic acids is 1. The van der Waals surface area contributed by atoms with Crippen LogP contribution in [0.25, 0.3) is 0 Å². The lowest BCUT2D eigenvalue weighted by molar-refractivity contribution is -0.140.